The van der Waals surface area contributed by atoms with Gasteiger partial charge < -0.3 is 15.6 Å². The van der Waals surface area contributed by atoms with Crippen LogP contribution < -0.4 is 11.1 Å². The van der Waals surface area contributed by atoms with Gasteiger partial charge in [-0.15, -0.1) is 0 Å². The third-order valence-electron chi connectivity index (χ3n) is 3.02. The molecule has 3 N–H and O–H groups in total. The van der Waals surface area contributed by atoms with E-state index in [-0.39, 0.29) is 11.6 Å². The molecule has 0 spiro atoms. The molecule has 0 atom stereocenters. The molecule has 0 amide bonds. The molecular weight excluding hydrogens is 278 g/mol. The van der Waals surface area contributed by atoms with E-state index in [1.54, 1.807) is 0 Å². The Morgan fingerprint density at radius 1 is 1.38 bits per heavy atom. The van der Waals surface area contributed by atoms with Gasteiger partial charge >= 0.3 is 0 Å². The first-order valence-electron chi connectivity index (χ1n) is 6.41. The van der Waals surface area contributed by atoms with Gasteiger partial charge in [0.05, 0.1) is 11.4 Å². The van der Waals surface area contributed by atoms with Crippen LogP contribution in [0.2, 0.25) is 0 Å². The molecule has 0 aliphatic heterocycles. The minimum absolute atomic E-state index is 0.0197. The minimum Gasteiger partial charge on any atom is -0.370 e. The van der Waals surface area contributed by atoms with E-state index < -0.39 is 11.6 Å². The van der Waals surface area contributed by atoms with Gasteiger partial charge in [-0.05, 0) is 32.4 Å². The Hall–Kier alpha value is -2.44. The lowest BCUT2D eigenvalue weighted by Gasteiger charge is -2.06. The molecule has 2 rings (SSSR count). The minimum atomic E-state index is -0.597. The Bertz CT molecular complexity index is 647. The predicted molar refractivity (Wildman–Crippen MR) is 76.2 cm³/mol. The van der Waals surface area contributed by atoms with Gasteiger partial charge in [0.25, 0.3) is 0 Å². The number of hydrogen-bond donors (Lipinski definition) is 2. The maximum atomic E-state index is 13.4. The molecule has 0 radical (unpaired) electrons. The number of guanidine groups is 1. The van der Waals surface area contributed by atoms with Crippen LogP contribution in [0.15, 0.2) is 27.7 Å². The molecule has 0 saturated heterocycles. The Morgan fingerprint density at radius 3 is 2.81 bits per heavy atom. The van der Waals surface area contributed by atoms with Gasteiger partial charge in [0.15, 0.2) is 5.96 Å². The fraction of sp³-hybridized carbons (Fsp3) is 0.286. The monoisotopic (exact) mass is 294 g/mol. The molecule has 0 bridgehead atoms. The highest BCUT2D eigenvalue weighted by Gasteiger charge is 2.08. The maximum Gasteiger partial charge on any atom is 0.193 e. The average molecular weight is 294 g/mol. The normalized spacial score (nSPS) is 11.7. The zero-order valence-electron chi connectivity index (χ0n) is 11.8. The van der Waals surface area contributed by atoms with Crippen molar-refractivity contribution >= 4 is 11.6 Å². The van der Waals surface area contributed by atoms with Gasteiger partial charge in [-0.3, -0.25) is 4.99 Å². The highest BCUT2D eigenvalue weighted by atomic mass is 19.1. The molecule has 1 heterocycles. The molecule has 0 aliphatic carbocycles. The van der Waals surface area contributed by atoms with Crippen LogP contribution >= 0.6 is 0 Å². The molecule has 112 valence electrons. The van der Waals surface area contributed by atoms with Crippen molar-refractivity contribution in [2.24, 2.45) is 10.7 Å². The molecule has 0 fully saturated rings. The van der Waals surface area contributed by atoms with Gasteiger partial charge in [-0.1, -0.05) is 5.16 Å². The molecule has 0 aliphatic rings. The SMILES string of the molecule is Cc1noc(C)c1CCN=C(N)Nc1cc(F)ccc1F. The Kier molecular flexibility index (Phi) is 4.52. The van der Waals surface area contributed by atoms with Crippen LogP contribution in [0.25, 0.3) is 0 Å². The quantitative estimate of drug-likeness (QED) is 0.671. The topological polar surface area (TPSA) is 76.4 Å². The Balaban J connectivity index is 1.97. The number of nitrogens with zero attached hydrogens (tertiary/aromatic N) is 2. The second-order valence-electron chi connectivity index (χ2n) is 4.57. The van der Waals surface area contributed by atoms with Crippen molar-refractivity contribution in [1.82, 2.24) is 5.16 Å². The van der Waals surface area contributed by atoms with Crippen LogP contribution in [-0.4, -0.2) is 17.7 Å². The molecule has 1 aromatic carbocycles. The summed E-state index contributed by atoms with van der Waals surface area (Å²) in [7, 11) is 0. The Morgan fingerprint density at radius 2 is 2.14 bits per heavy atom. The van der Waals surface area contributed by atoms with Crippen molar-refractivity contribution in [2.45, 2.75) is 20.3 Å². The zero-order chi connectivity index (χ0) is 15.4. The molecule has 0 unspecified atom stereocenters. The molecule has 1 aromatic heterocycles. The standard InChI is InChI=1S/C14H16F2N4O/c1-8-11(9(2)21-20-8)5-6-18-14(17)19-13-7-10(15)3-4-12(13)16/h3-4,7H,5-6H2,1-2H3,(H3,17,18,19). The summed E-state index contributed by atoms with van der Waals surface area (Å²) in [4.78, 5) is 4.07. The lowest BCUT2D eigenvalue weighted by atomic mass is 10.1. The second kappa shape index (κ2) is 6.34. The van der Waals surface area contributed by atoms with Crippen molar-refractivity contribution in [3.8, 4) is 0 Å². The molecule has 21 heavy (non-hydrogen) atoms. The van der Waals surface area contributed by atoms with Crippen molar-refractivity contribution in [3.63, 3.8) is 0 Å². The van der Waals surface area contributed by atoms with Gasteiger partial charge in [0, 0.05) is 18.2 Å². The van der Waals surface area contributed by atoms with Crippen molar-refractivity contribution in [1.29, 1.82) is 0 Å². The second-order valence-corrected chi connectivity index (χ2v) is 4.57. The number of nitrogens with one attached hydrogen (secondary N) is 1. The smallest absolute Gasteiger partial charge is 0.193 e. The number of nitrogens with two attached hydrogens (primary N) is 1. The fourth-order valence-corrected chi connectivity index (χ4v) is 1.92. The van der Waals surface area contributed by atoms with E-state index >= 15 is 0 Å². The molecule has 7 heteroatoms. The van der Waals surface area contributed by atoms with Gasteiger partial charge in [0.2, 0.25) is 0 Å². The van der Waals surface area contributed by atoms with E-state index in [0.717, 1.165) is 35.2 Å². The third kappa shape index (κ3) is 3.77. The van der Waals surface area contributed by atoms with Gasteiger partial charge in [0.1, 0.15) is 17.4 Å². The van der Waals surface area contributed by atoms with E-state index in [1.807, 2.05) is 13.8 Å². The summed E-state index contributed by atoms with van der Waals surface area (Å²) < 4.78 is 31.5. The summed E-state index contributed by atoms with van der Waals surface area (Å²) >= 11 is 0. The summed E-state index contributed by atoms with van der Waals surface area (Å²) in [6, 6.07) is 3.08. The van der Waals surface area contributed by atoms with Crippen LogP contribution in [0.1, 0.15) is 17.0 Å². The average Bonchev–Trinajstić information content (AvgIpc) is 2.74. The first kappa shape index (κ1) is 15.0. The number of aromatic nitrogens is 1. The number of aliphatic imine (C=N–C) groups is 1. The summed E-state index contributed by atoms with van der Waals surface area (Å²) in [5.74, 6) is -0.389. The number of halogens is 2. The van der Waals surface area contributed by atoms with Crippen LogP contribution in [0.4, 0.5) is 14.5 Å². The highest BCUT2D eigenvalue weighted by molar-refractivity contribution is 5.92. The van der Waals surface area contributed by atoms with Crippen LogP contribution in [0, 0.1) is 25.5 Å². The van der Waals surface area contributed by atoms with E-state index in [2.05, 4.69) is 15.5 Å². The maximum absolute atomic E-state index is 13.4. The third-order valence-corrected chi connectivity index (χ3v) is 3.02. The van der Waals surface area contributed by atoms with Crippen LogP contribution in [-0.2, 0) is 6.42 Å². The number of anilines is 1. The first-order chi connectivity index (χ1) is 9.97. The van der Waals surface area contributed by atoms with E-state index in [0.29, 0.717) is 13.0 Å². The summed E-state index contributed by atoms with van der Waals surface area (Å²) in [6.07, 6.45) is 0.606. The largest absolute Gasteiger partial charge is 0.370 e. The molecule has 0 saturated carbocycles. The zero-order valence-corrected chi connectivity index (χ0v) is 11.8. The number of hydrogen-bond acceptors (Lipinski definition) is 3. The summed E-state index contributed by atoms with van der Waals surface area (Å²) in [5, 5.41) is 6.38. The van der Waals surface area contributed by atoms with Gasteiger partial charge in [-0.25, -0.2) is 8.78 Å². The van der Waals surface area contributed by atoms with Crippen LogP contribution in [0.3, 0.4) is 0 Å². The van der Waals surface area contributed by atoms with Crippen LogP contribution in [0.5, 0.6) is 0 Å². The Labute approximate surface area is 120 Å². The van der Waals surface area contributed by atoms with Crippen molar-refractivity contribution < 1.29 is 13.3 Å². The van der Waals surface area contributed by atoms with E-state index in [9.17, 15) is 8.78 Å². The lowest BCUT2D eigenvalue weighted by molar-refractivity contribution is 0.392. The van der Waals surface area contributed by atoms with Crippen molar-refractivity contribution in [2.75, 3.05) is 11.9 Å². The summed E-state index contributed by atoms with van der Waals surface area (Å²) in [5.41, 5.74) is 7.39. The van der Waals surface area contributed by atoms with E-state index in [1.165, 1.54) is 0 Å². The van der Waals surface area contributed by atoms with E-state index in [4.69, 9.17) is 10.3 Å². The fourth-order valence-electron chi connectivity index (χ4n) is 1.92. The molecular formula is C14H16F2N4O. The van der Waals surface area contributed by atoms with Gasteiger partial charge in [-0.2, -0.15) is 0 Å². The molecule has 2 aromatic rings. The predicted octanol–water partition coefficient (Wildman–Crippen LogP) is 2.54. The number of aryl methyl sites for hydroxylation is 2. The molecule has 5 nitrogen and oxygen atoms in total. The number of rotatable bonds is 4. The first-order valence-corrected chi connectivity index (χ1v) is 6.41. The number of benzene rings is 1. The van der Waals surface area contributed by atoms with Crippen molar-refractivity contribution in [3.05, 3.63) is 46.9 Å². The highest BCUT2D eigenvalue weighted by Crippen LogP contribution is 2.15. The lowest BCUT2D eigenvalue weighted by Crippen LogP contribution is -2.23. The summed E-state index contributed by atoms with van der Waals surface area (Å²) in [6.45, 7) is 4.06.